The first-order valence-electron chi connectivity index (χ1n) is 5.65. The highest BCUT2D eigenvalue weighted by Gasteiger charge is 2.08. The van der Waals surface area contributed by atoms with Crippen molar-refractivity contribution in [2.75, 3.05) is 13.1 Å². The third-order valence-electron chi connectivity index (χ3n) is 2.73. The SMILES string of the molecule is NC(CCCNCC1CC=CCC1)=NO. The monoisotopic (exact) mass is 211 g/mol. The largest absolute Gasteiger partial charge is 0.409 e. The quantitative estimate of drug-likeness (QED) is 0.155. The van der Waals surface area contributed by atoms with E-state index in [0.29, 0.717) is 12.3 Å². The van der Waals surface area contributed by atoms with Crippen LogP contribution in [-0.4, -0.2) is 24.1 Å². The molecule has 1 atom stereocenters. The molecule has 1 rings (SSSR count). The zero-order valence-electron chi connectivity index (χ0n) is 9.15. The summed E-state index contributed by atoms with van der Waals surface area (Å²) in [6.45, 7) is 2.02. The highest BCUT2D eigenvalue weighted by molar-refractivity contribution is 5.79. The van der Waals surface area contributed by atoms with Gasteiger partial charge in [0.05, 0.1) is 0 Å². The van der Waals surface area contributed by atoms with Crippen molar-refractivity contribution in [2.45, 2.75) is 32.1 Å². The fourth-order valence-electron chi connectivity index (χ4n) is 1.79. The lowest BCUT2D eigenvalue weighted by Gasteiger charge is -2.17. The van der Waals surface area contributed by atoms with Crippen LogP contribution < -0.4 is 11.1 Å². The van der Waals surface area contributed by atoms with Gasteiger partial charge in [0.2, 0.25) is 0 Å². The van der Waals surface area contributed by atoms with Gasteiger partial charge in [0.1, 0.15) is 5.84 Å². The Morgan fingerprint density at radius 2 is 2.40 bits per heavy atom. The van der Waals surface area contributed by atoms with Gasteiger partial charge >= 0.3 is 0 Å². The molecule has 0 bridgehead atoms. The third kappa shape index (κ3) is 5.42. The van der Waals surface area contributed by atoms with Crippen LogP contribution in [-0.2, 0) is 0 Å². The van der Waals surface area contributed by atoms with Crippen molar-refractivity contribution in [3.63, 3.8) is 0 Å². The van der Waals surface area contributed by atoms with E-state index < -0.39 is 0 Å². The molecule has 0 aromatic rings. The summed E-state index contributed by atoms with van der Waals surface area (Å²) in [5.74, 6) is 1.11. The number of nitrogens with two attached hydrogens (primary N) is 1. The zero-order valence-corrected chi connectivity index (χ0v) is 9.15. The minimum Gasteiger partial charge on any atom is -0.409 e. The molecule has 0 saturated heterocycles. The fourth-order valence-corrected chi connectivity index (χ4v) is 1.79. The molecule has 0 heterocycles. The second-order valence-electron chi connectivity index (χ2n) is 4.05. The first-order chi connectivity index (χ1) is 7.33. The van der Waals surface area contributed by atoms with Crippen molar-refractivity contribution in [3.05, 3.63) is 12.2 Å². The Labute approximate surface area is 91.2 Å². The summed E-state index contributed by atoms with van der Waals surface area (Å²) in [5, 5.41) is 14.7. The van der Waals surface area contributed by atoms with Crippen LogP contribution >= 0.6 is 0 Å². The van der Waals surface area contributed by atoms with Gasteiger partial charge in [0, 0.05) is 6.42 Å². The number of oxime groups is 1. The Bertz CT molecular complexity index is 226. The molecule has 0 fully saturated rings. The lowest BCUT2D eigenvalue weighted by atomic mass is 9.94. The van der Waals surface area contributed by atoms with Gasteiger partial charge in [0.25, 0.3) is 0 Å². The maximum Gasteiger partial charge on any atom is 0.139 e. The van der Waals surface area contributed by atoms with Crippen LogP contribution in [0.3, 0.4) is 0 Å². The third-order valence-corrected chi connectivity index (χ3v) is 2.73. The number of hydrogen-bond acceptors (Lipinski definition) is 3. The number of nitrogens with one attached hydrogen (secondary N) is 1. The van der Waals surface area contributed by atoms with Crippen molar-refractivity contribution in [3.8, 4) is 0 Å². The van der Waals surface area contributed by atoms with Gasteiger partial charge in [-0.05, 0) is 44.7 Å². The van der Waals surface area contributed by atoms with E-state index in [1.807, 2.05) is 0 Å². The summed E-state index contributed by atoms with van der Waals surface area (Å²) in [6, 6.07) is 0. The number of nitrogens with zero attached hydrogens (tertiary/aromatic N) is 1. The molecule has 0 amide bonds. The van der Waals surface area contributed by atoms with Crippen LogP contribution in [0.5, 0.6) is 0 Å². The lowest BCUT2D eigenvalue weighted by Crippen LogP contribution is -2.25. The summed E-state index contributed by atoms with van der Waals surface area (Å²) < 4.78 is 0. The highest BCUT2D eigenvalue weighted by atomic mass is 16.4. The molecule has 1 aliphatic rings. The molecular weight excluding hydrogens is 190 g/mol. The molecule has 1 unspecified atom stereocenters. The molecule has 0 radical (unpaired) electrons. The van der Waals surface area contributed by atoms with Gasteiger partial charge < -0.3 is 16.3 Å². The first-order valence-corrected chi connectivity index (χ1v) is 5.65. The number of hydrogen-bond donors (Lipinski definition) is 3. The van der Waals surface area contributed by atoms with Gasteiger partial charge in [-0.3, -0.25) is 0 Å². The zero-order chi connectivity index (χ0) is 10.9. The van der Waals surface area contributed by atoms with Crippen LogP contribution in [0.25, 0.3) is 0 Å². The Kier molecular flexibility index (Phi) is 5.85. The molecule has 0 aliphatic heterocycles. The van der Waals surface area contributed by atoms with Crippen molar-refractivity contribution in [1.82, 2.24) is 5.32 Å². The van der Waals surface area contributed by atoms with Crippen molar-refractivity contribution in [1.29, 1.82) is 0 Å². The highest BCUT2D eigenvalue weighted by Crippen LogP contribution is 2.16. The molecule has 4 heteroatoms. The summed E-state index contributed by atoms with van der Waals surface area (Å²) in [5.41, 5.74) is 5.36. The summed E-state index contributed by atoms with van der Waals surface area (Å²) in [4.78, 5) is 0. The molecule has 86 valence electrons. The molecule has 0 saturated carbocycles. The van der Waals surface area contributed by atoms with Gasteiger partial charge in [0.15, 0.2) is 0 Å². The van der Waals surface area contributed by atoms with E-state index >= 15 is 0 Å². The normalized spacial score (nSPS) is 21.9. The summed E-state index contributed by atoms with van der Waals surface area (Å²) >= 11 is 0. The molecule has 0 aromatic heterocycles. The van der Waals surface area contributed by atoms with Crippen LogP contribution in [0.2, 0.25) is 0 Å². The molecular formula is C11H21N3O. The smallest absolute Gasteiger partial charge is 0.139 e. The Morgan fingerprint density at radius 3 is 3.07 bits per heavy atom. The molecule has 0 spiro atoms. The van der Waals surface area contributed by atoms with Crippen molar-refractivity contribution < 1.29 is 5.21 Å². The number of allylic oxidation sites excluding steroid dienone is 2. The van der Waals surface area contributed by atoms with Gasteiger partial charge in [-0.2, -0.15) is 0 Å². The van der Waals surface area contributed by atoms with Gasteiger partial charge in [-0.1, -0.05) is 17.3 Å². The van der Waals surface area contributed by atoms with E-state index in [0.717, 1.165) is 25.4 Å². The number of amidine groups is 1. The minimum absolute atomic E-state index is 0.317. The first kappa shape index (κ1) is 12.0. The van der Waals surface area contributed by atoms with Gasteiger partial charge in [-0.15, -0.1) is 0 Å². The Balaban J connectivity index is 1.95. The van der Waals surface area contributed by atoms with Gasteiger partial charge in [-0.25, -0.2) is 0 Å². The van der Waals surface area contributed by atoms with Crippen molar-refractivity contribution >= 4 is 5.84 Å². The van der Waals surface area contributed by atoms with Crippen LogP contribution in [0.1, 0.15) is 32.1 Å². The average molecular weight is 211 g/mol. The fraction of sp³-hybridized carbons (Fsp3) is 0.727. The van der Waals surface area contributed by atoms with Crippen LogP contribution in [0, 0.1) is 5.92 Å². The molecule has 1 aliphatic carbocycles. The molecule has 4 N–H and O–H groups in total. The molecule has 15 heavy (non-hydrogen) atoms. The van der Waals surface area contributed by atoms with E-state index in [4.69, 9.17) is 10.9 Å². The van der Waals surface area contributed by atoms with E-state index in [1.54, 1.807) is 0 Å². The standard InChI is InChI=1S/C11H21N3O/c12-11(14-15)7-4-8-13-9-10-5-2-1-3-6-10/h1-2,10,13,15H,3-9H2,(H2,12,14). The maximum atomic E-state index is 8.33. The number of rotatable bonds is 6. The Morgan fingerprint density at radius 1 is 1.53 bits per heavy atom. The van der Waals surface area contributed by atoms with Crippen LogP contribution in [0.15, 0.2) is 17.3 Å². The predicted octanol–water partition coefficient (Wildman–Crippen LogP) is 1.46. The summed E-state index contributed by atoms with van der Waals surface area (Å²) in [7, 11) is 0. The van der Waals surface area contributed by atoms with E-state index in [2.05, 4.69) is 22.6 Å². The maximum absolute atomic E-state index is 8.33. The Hall–Kier alpha value is -1.03. The van der Waals surface area contributed by atoms with Crippen molar-refractivity contribution in [2.24, 2.45) is 16.8 Å². The second-order valence-corrected chi connectivity index (χ2v) is 4.05. The van der Waals surface area contributed by atoms with E-state index in [1.165, 1.54) is 19.3 Å². The average Bonchev–Trinajstić information content (AvgIpc) is 2.29. The topological polar surface area (TPSA) is 70.6 Å². The lowest BCUT2D eigenvalue weighted by molar-refractivity contribution is 0.316. The summed E-state index contributed by atoms with van der Waals surface area (Å²) in [6.07, 6.45) is 9.83. The van der Waals surface area contributed by atoms with E-state index in [9.17, 15) is 0 Å². The second kappa shape index (κ2) is 7.29. The molecule has 0 aromatic carbocycles. The van der Waals surface area contributed by atoms with Crippen LogP contribution in [0.4, 0.5) is 0 Å². The molecule has 4 nitrogen and oxygen atoms in total. The van der Waals surface area contributed by atoms with E-state index in [-0.39, 0.29) is 0 Å². The minimum atomic E-state index is 0.317. The predicted molar refractivity (Wildman–Crippen MR) is 62.0 cm³/mol.